The van der Waals surface area contributed by atoms with E-state index in [1.54, 1.807) is 16.4 Å². The lowest BCUT2D eigenvalue weighted by atomic mass is 9.95. The second-order valence-corrected chi connectivity index (χ2v) is 10.6. The summed E-state index contributed by atoms with van der Waals surface area (Å²) in [4.78, 5) is 5.47. The quantitative estimate of drug-likeness (QED) is 0.479. The highest BCUT2D eigenvalue weighted by Crippen LogP contribution is 2.47. The lowest BCUT2D eigenvalue weighted by molar-refractivity contribution is 0.410. The van der Waals surface area contributed by atoms with Crippen LogP contribution in [0.3, 0.4) is 0 Å². The molecule has 3 aromatic carbocycles. The highest BCUT2D eigenvalue weighted by atomic mass is 32.2. The van der Waals surface area contributed by atoms with E-state index in [4.69, 9.17) is 4.99 Å². The average molecular weight is 445 g/mol. The Balaban J connectivity index is 1.69. The third kappa shape index (κ3) is 3.75. The van der Waals surface area contributed by atoms with Gasteiger partial charge in [-0.05, 0) is 43.0 Å². The first kappa shape index (κ1) is 21.0. The number of hydrogen-bond acceptors (Lipinski definition) is 3. The normalized spacial score (nSPS) is 21.7. The molecule has 0 radical (unpaired) electrons. The maximum absolute atomic E-state index is 14.1. The topological polar surface area (TPSA) is 49.7 Å². The molecule has 0 amide bonds. The van der Waals surface area contributed by atoms with Gasteiger partial charge in [-0.2, -0.15) is 0 Å². The first-order valence-corrected chi connectivity index (χ1v) is 12.8. The number of hydrogen-bond donors (Lipinski definition) is 0. The van der Waals surface area contributed by atoms with E-state index in [2.05, 4.69) is 12.1 Å². The van der Waals surface area contributed by atoms with Crippen molar-refractivity contribution in [3.8, 4) is 0 Å². The Kier molecular flexibility index (Phi) is 5.60. The van der Waals surface area contributed by atoms with E-state index in [0.29, 0.717) is 4.90 Å². The van der Waals surface area contributed by atoms with E-state index in [1.807, 2.05) is 67.6 Å². The molecule has 0 saturated heterocycles. The van der Waals surface area contributed by atoms with Crippen molar-refractivity contribution in [2.24, 2.45) is 10.9 Å². The molecule has 2 aliphatic rings. The van der Waals surface area contributed by atoms with Crippen LogP contribution in [0.1, 0.15) is 54.5 Å². The Morgan fingerprint density at radius 3 is 1.94 bits per heavy atom. The molecule has 5 rings (SSSR count). The lowest BCUT2D eigenvalue weighted by Gasteiger charge is -2.32. The van der Waals surface area contributed by atoms with Crippen molar-refractivity contribution in [2.45, 2.75) is 49.6 Å². The molecule has 5 heteroatoms. The van der Waals surface area contributed by atoms with Crippen LogP contribution in [0.4, 0.5) is 0 Å². The standard InChI is InChI=1S/C27H28N2O2S/c1-20-16-18-24(19-17-20)32(30,31)29-26(22-12-6-3-7-13-22)25(21-10-4-2-5-11-21)28-27(29)23-14-8-9-15-23/h2-7,10-13,16-19,23,25-26H,8-9,14-15H2,1H3/t25-,26-/m1/s1. The van der Waals surface area contributed by atoms with Crippen molar-refractivity contribution in [1.82, 2.24) is 4.31 Å². The van der Waals surface area contributed by atoms with Gasteiger partial charge in [0.1, 0.15) is 11.9 Å². The summed E-state index contributed by atoms with van der Waals surface area (Å²) >= 11 is 0. The van der Waals surface area contributed by atoms with E-state index in [-0.39, 0.29) is 12.0 Å². The molecule has 0 aromatic heterocycles. The number of rotatable bonds is 5. The van der Waals surface area contributed by atoms with Crippen molar-refractivity contribution < 1.29 is 8.42 Å². The second-order valence-electron chi connectivity index (χ2n) is 8.79. The smallest absolute Gasteiger partial charge is 0.261 e. The molecular weight excluding hydrogens is 416 g/mol. The Morgan fingerprint density at radius 2 is 1.34 bits per heavy atom. The van der Waals surface area contributed by atoms with Crippen LogP contribution in [-0.4, -0.2) is 18.6 Å². The van der Waals surface area contributed by atoms with Crippen LogP contribution in [0, 0.1) is 12.8 Å². The summed E-state index contributed by atoms with van der Waals surface area (Å²) in [5, 5.41) is 0. The van der Waals surface area contributed by atoms with Crippen molar-refractivity contribution in [1.29, 1.82) is 0 Å². The van der Waals surface area contributed by atoms with Crippen LogP contribution in [0.15, 0.2) is 94.8 Å². The van der Waals surface area contributed by atoms with E-state index < -0.39 is 16.1 Å². The number of amidine groups is 1. The summed E-state index contributed by atoms with van der Waals surface area (Å²) in [6.07, 6.45) is 4.21. The van der Waals surface area contributed by atoms with E-state index >= 15 is 0 Å². The molecule has 0 unspecified atom stereocenters. The molecule has 0 bridgehead atoms. The molecule has 1 aliphatic heterocycles. The van der Waals surface area contributed by atoms with E-state index in [9.17, 15) is 8.42 Å². The average Bonchev–Trinajstić information content (AvgIpc) is 3.49. The molecule has 2 atom stereocenters. The molecular formula is C27H28N2O2S. The van der Waals surface area contributed by atoms with Crippen LogP contribution < -0.4 is 0 Å². The predicted molar refractivity (Wildman–Crippen MR) is 128 cm³/mol. The highest BCUT2D eigenvalue weighted by Gasteiger charge is 2.47. The lowest BCUT2D eigenvalue weighted by Crippen LogP contribution is -2.40. The molecule has 3 aromatic rings. The maximum Gasteiger partial charge on any atom is 0.265 e. The molecule has 1 fully saturated rings. The zero-order chi connectivity index (χ0) is 22.1. The molecule has 1 heterocycles. The van der Waals surface area contributed by atoms with E-state index in [1.165, 1.54) is 0 Å². The van der Waals surface area contributed by atoms with Gasteiger partial charge >= 0.3 is 0 Å². The molecule has 0 spiro atoms. The second kappa shape index (κ2) is 8.55. The summed E-state index contributed by atoms with van der Waals surface area (Å²) in [5.74, 6) is 0.904. The molecule has 4 nitrogen and oxygen atoms in total. The van der Waals surface area contributed by atoms with Crippen LogP contribution in [0.25, 0.3) is 0 Å². The van der Waals surface area contributed by atoms with Crippen molar-refractivity contribution >= 4 is 15.9 Å². The summed E-state index contributed by atoms with van der Waals surface area (Å²) in [5.41, 5.74) is 3.05. The minimum absolute atomic E-state index is 0.176. The zero-order valence-corrected chi connectivity index (χ0v) is 19.1. The molecule has 32 heavy (non-hydrogen) atoms. The van der Waals surface area contributed by atoms with Crippen molar-refractivity contribution in [3.63, 3.8) is 0 Å². The largest absolute Gasteiger partial charge is 0.265 e. The van der Waals surface area contributed by atoms with Gasteiger partial charge in [0.2, 0.25) is 0 Å². The van der Waals surface area contributed by atoms with Gasteiger partial charge in [0.15, 0.2) is 0 Å². The third-order valence-electron chi connectivity index (χ3n) is 6.63. The van der Waals surface area contributed by atoms with Gasteiger partial charge in [0.25, 0.3) is 10.0 Å². The minimum atomic E-state index is -3.78. The van der Waals surface area contributed by atoms with Gasteiger partial charge in [-0.1, -0.05) is 91.2 Å². The summed E-state index contributed by atoms with van der Waals surface area (Å²) < 4.78 is 29.9. The Hall–Kier alpha value is -2.92. The molecule has 1 saturated carbocycles. The SMILES string of the molecule is Cc1ccc(S(=O)(=O)N2C(C3CCCC3)=N[C@H](c3ccccc3)[C@H]2c2ccccc2)cc1. The third-order valence-corrected chi connectivity index (χ3v) is 8.43. The predicted octanol–water partition coefficient (Wildman–Crippen LogP) is 6.07. The van der Waals surface area contributed by atoms with Crippen molar-refractivity contribution in [2.75, 3.05) is 0 Å². The summed E-state index contributed by atoms with van der Waals surface area (Å²) in [7, 11) is -3.78. The van der Waals surface area contributed by atoms with Crippen molar-refractivity contribution in [3.05, 3.63) is 102 Å². The van der Waals surface area contributed by atoms with Gasteiger partial charge in [-0.3, -0.25) is 4.99 Å². The van der Waals surface area contributed by atoms with Gasteiger partial charge < -0.3 is 0 Å². The maximum atomic E-state index is 14.1. The fourth-order valence-electron chi connectivity index (χ4n) is 4.98. The van der Waals surface area contributed by atoms with Crippen LogP contribution >= 0.6 is 0 Å². The number of sulfonamides is 1. The zero-order valence-electron chi connectivity index (χ0n) is 18.3. The van der Waals surface area contributed by atoms with Gasteiger partial charge in [0.05, 0.1) is 10.9 Å². The first-order valence-electron chi connectivity index (χ1n) is 11.3. The van der Waals surface area contributed by atoms with Gasteiger partial charge in [-0.15, -0.1) is 0 Å². The Labute approximate surface area is 190 Å². The van der Waals surface area contributed by atoms with E-state index in [0.717, 1.165) is 48.2 Å². The summed E-state index contributed by atoms with van der Waals surface area (Å²) in [6.45, 7) is 1.97. The summed E-state index contributed by atoms with van der Waals surface area (Å²) in [6, 6.07) is 26.5. The number of benzene rings is 3. The van der Waals surface area contributed by atoms with Gasteiger partial charge in [-0.25, -0.2) is 12.7 Å². The fourth-order valence-corrected chi connectivity index (χ4v) is 6.67. The van der Waals surface area contributed by atoms with Crippen LogP contribution in [0.5, 0.6) is 0 Å². The Morgan fingerprint density at radius 1 is 0.781 bits per heavy atom. The van der Waals surface area contributed by atoms with Gasteiger partial charge in [0, 0.05) is 5.92 Å². The number of aliphatic imine (C=N–C) groups is 1. The molecule has 1 aliphatic carbocycles. The first-order chi connectivity index (χ1) is 15.6. The Bertz CT molecular complexity index is 1200. The highest BCUT2D eigenvalue weighted by molar-refractivity contribution is 7.89. The molecule has 164 valence electrons. The van der Waals surface area contributed by atoms with Crippen LogP contribution in [-0.2, 0) is 10.0 Å². The fraction of sp³-hybridized carbons (Fsp3) is 0.296. The minimum Gasteiger partial charge on any atom is -0.261 e. The number of aryl methyl sites for hydroxylation is 1. The number of nitrogens with zero attached hydrogens (tertiary/aromatic N) is 2. The molecule has 0 N–H and O–H groups in total. The van der Waals surface area contributed by atoms with Crippen LogP contribution in [0.2, 0.25) is 0 Å². The monoisotopic (exact) mass is 444 g/mol.